The van der Waals surface area contributed by atoms with Gasteiger partial charge in [-0.05, 0) is 41.5 Å². The molecule has 0 saturated carbocycles. The molecule has 0 spiro atoms. The van der Waals surface area contributed by atoms with E-state index in [-0.39, 0.29) is 10.2 Å². The minimum absolute atomic E-state index is 0.0510. The van der Waals surface area contributed by atoms with Gasteiger partial charge in [-0.3, -0.25) is 0 Å². The van der Waals surface area contributed by atoms with Crippen LogP contribution in [0.2, 0.25) is 5.02 Å². The number of halogens is 1. The fraction of sp³-hybridized carbons (Fsp3) is 0.280. The first-order valence-electron chi connectivity index (χ1n) is 10.7. The third kappa shape index (κ3) is 4.70. The number of hydrogen-bond donors (Lipinski definition) is 4. The van der Waals surface area contributed by atoms with E-state index in [0.29, 0.717) is 33.2 Å². The Morgan fingerprint density at radius 1 is 1.03 bits per heavy atom. The predicted octanol–water partition coefficient (Wildman–Crippen LogP) is 3.06. The lowest BCUT2D eigenvalue weighted by atomic mass is 9.95. The van der Waals surface area contributed by atoms with Gasteiger partial charge in [0.15, 0.2) is 6.23 Å². The maximum Gasteiger partial charge on any atom is 0.164 e. The topological polar surface area (TPSA) is 128 Å². The van der Waals surface area contributed by atoms with E-state index in [0.717, 1.165) is 0 Å². The van der Waals surface area contributed by atoms with Crippen LogP contribution in [0.15, 0.2) is 54.6 Å². The van der Waals surface area contributed by atoms with Crippen LogP contribution in [0.4, 0.5) is 0 Å². The van der Waals surface area contributed by atoms with Crippen molar-refractivity contribution < 1.29 is 29.9 Å². The van der Waals surface area contributed by atoms with Crippen molar-refractivity contribution in [1.29, 1.82) is 5.26 Å². The van der Waals surface area contributed by atoms with Crippen LogP contribution in [0.1, 0.15) is 11.8 Å². The first-order chi connectivity index (χ1) is 16.8. The van der Waals surface area contributed by atoms with E-state index in [2.05, 4.69) is 6.07 Å². The highest BCUT2D eigenvalue weighted by Crippen LogP contribution is 2.37. The van der Waals surface area contributed by atoms with Crippen molar-refractivity contribution in [2.24, 2.45) is 0 Å². The second-order valence-electron chi connectivity index (χ2n) is 8.06. The zero-order chi connectivity index (χ0) is 25.3. The van der Waals surface area contributed by atoms with Crippen LogP contribution in [0.3, 0.4) is 0 Å². The van der Waals surface area contributed by atoms with Crippen LogP contribution in [-0.2, 0) is 4.74 Å². The van der Waals surface area contributed by atoms with Crippen LogP contribution >= 0.6 is 23.8 Å². The number of aliphatic hydroxyl groups excluding tert-OH is 4. The number of pyridine rings is 1. The van der Waals surface area contributed by atoms with Gasteiger partial charge in [0.05, 0.1) is 25.0 Å². The molecule has 2 heterocycles. The van der Waals surface area contributed by atoms with Crippen molar-refractivity contribution in [3.05, 3.63) is 69.8 Å². The summed E-state index contributed by atoms with van der Waals surface area (Å²) in [5, 5.41) is 51.7. The molecule has 4 N–H and O–H groups in total. The van der Waals surface area contributed by atoms with Crippen LogP contribution < -0.4 is 4.74 Å². The van der Waals surface area contributed by atoms with Gasteiger partial charge in [0.25, 0.3) is 0 Å². The van der Waals surface area contributed by atoms with Gasteiger partial charge in [-0.15, -0.1) is 0 Å². The summed E-state index contributed by atoms with van der Waals surface area (Å²) in [6.45, 7) is -0.597. The molecule has 0 aliphatic carbocycles. The summed E-state index contributed by atoms with van der Waals surface area (Å²) >= 11 is 11.8. The molecule has 1 fully saturated rings. The molecule has 0 unspecified atom stereocenters. The molecular weight excluding hydrogens is 492 g/mol. The summed E-state index contributed by atoms with van der Waals surface area (Å²) in [4.78, 5) is 0. The summed E-state index contributed by atoms with van der Waals surface area (Å²) in [6.07, 6.45) is -7.18. The Hall–Kier alpha value is -2.81. The van der Waals surface area contributed by atoms with E-state index in [1.165, 1.54) is 4.57 Å². The lowest BCUT2D eigenvalue weighted by molar-refractivity contribution is -0.251. The number of benzene rings is 2. The smallest absolute Gasteiger partial charge is 0.164 e. The fourth-order valence-corrected chi connectivity index (χ4v) is 4.60. The highest BCUT2D eigenvalue weighted by atomic mass is 35.5. The summed E-state index contributed by atoms with van der Waals surface area (Å²) < 4.78 is 12.5. The SMILES string of the molecule is COc1ccc(-c2cc(-c3ccc(Cl)cc3)n([C@@H]3O[C@@H](CO)[C@@H](O)[C@@H](O)[C@@H]3O)c(=S)c2C#N)cc1. The van der Waals surface area contributed by atoms with Crippen LogP contribution in [0.25, 0.3) is 22.4 Å². The molecule has 1 aromatic heterocycles. The number of nitrogens with zero attached hydrogens (tertiary/aromatic N) is 2. The second-order valence-corrected chi connectivity index (χ2v) is 8.88. The van der Waals surface area contributed by atoms with Crippen LogP contribution in [0.5, 0.6) is 5.75 Å². The van der Waals surface area contributed by atoms with Crippen molar-refractivity contribution in [2.45, 2.75) is 30.6 Å². The van der Waals surface area contributed by atoms with E-state index in [4.69, 9.17) is 33.3 Å². The summed E-state index contributed by atoms with van der Waals surface area (Å²) in [5.41, 5.74) is 2.54. The van der Waals surface area contributed by atoms with E-state index in [1.807, 2.05) is 0 Å². The van der Waals surface area contributed by atoms with Crippen molar-refractivity contribution in [3.8, 4) is 34.2 Å². The van der Waals surface area contributed by atoms with Gasteiger partial charge < -0.3 is 34.5 Å². The minimum Gasteiger partial charge on any atom is -0.497 e. The van der Waals surface area contributed by atoms with Gasteiger partial charge >= 0.3 is 0 Å². The predicted molar refractivity (Wildman–Crippen MR) is 131 cm³/mol. The summed E-state index contributed by atoms with van der Waals surface area (Å²) in [6, 6.07) is 17.9. The maximum atomic E-state index is 10.8. The molecule has 3 aromatic rings. The monoisotopic (exact) mass is 514 g/mol. The number of aromatic nitrogens is 1. The third-order valence-corrected chi connectivity index (χ3v) is 6.67. The molecule has 182 valence electrons. The Bertz CT molecular complexity index is 1300. The molecule has 0 bridgehead atoms. The first-order valence-corrected chi connectivity index (χ1v) is 11.5. The molecule has 2 aromatic carbocycles. The standard InChI is InChI=1S/C25H23ClN2O6S/c1-33-16-8-4-13(5-9-16)17-10-19(14-2-6-15(26)7-3-14)28(25(35)18(17)11-27)24-23(32)22(31)21(30)20(12-29)34-24/h2-10,20-24,29-32H,12H2,1H3/t20-,21+,22+,23-,24+/m0/s1. The molecular formula is C25H23ClN2O6S. The quantitative estimate of drug-likeness (QED) is 0.382. The van der Waals surface area contributed by atoms with E-state index in [1.54, 1.807) is 61.7 Å². The normalized spacial score (nSPS) is 24.1. The summed E-state index contributed by atoms with van der Waals surface area (Å²) in [5.74, 6) is 0.649. The van der Waals surface area contributed by atoms with Crippen LogP contribution in [0, 0.1) is 16.0 Å². The van der Waals surface area contributed by atoms with Gasteiger partial charge in [0.2, 0.25) is 0 Å². The molecule has 0 radical (unpaired) electrons. The third-order valence-electron chi connectivity index (χ3n) is 6.02. The van der Waals surface area contributed by atoms with Crippen molar-refractivity contribution in [3.63, 3.8) is 0 Å². The average molecular weight is 515 g/mol. The highest BCUT2D eigenvalue weighted by molar-refractivity contribution is 7.71. The molecule has 35 heavy (non-hydrogen) atoms. The van der Waals surface area contributed by atoms with E-state index in [9.17, 15) is 25.7 Å². The Labute approximate surface area is 211 Å². The van der Waals surface area contributed by atoms with E-state index < -0.39 is 37.3 Å². The molecule has 1 saturated heterocycles. The molecule has 5 atom stereocenters. The van der Waals surface area contributed by atoms with Crippen LogP contribution in [-0.4, -0.2) is 63.1 Å². The van der Waals surface area contributed by atoms with Gasteiger partial charge in [-0.1, -0.05) is 48.1 Å². The maximum absolute atomic E-state index is 10.8. The molecule has 1 aliphatic rings. The van der Waals surface area contributed by atoms with Gasteiger partial charge in [0, 0.05) is 10.6 Å². The number of methoxy groups -OCH3 is 1. The molecule has 8 nitrogen and oxygen atoms in total. The lowest BCUT2D eigenvalue weighted by Gasteiger charge is -2.41. The number of hydrogen-bond acceptors (Lipinski definition) is 8. The molecule has 1 aliphatic heterocycles. The highest BCUT2D eigenvalue weighted by Gasteiger charge is 2.45. The van der Waals surface area contributed by atoms with Crippen molar-refractivity contribution >= 4 is 23.8 Å². The fourth-order valence-electron chi connectivity index (χ4n) is 4.12. The Morgan fingerprint density at radius 3 is 2.23 bits per heavy atom. The van der Waals surface area contributed by atoms with Gasteiger partial charge in [-0.2, -0.15) is 5.26 Å². The second kappa shape index (κ2) is 10.4. The Morgan fingerprint density at radius 2 is 1.66 bits per heavy atom. The summed E-state index contributed by atoms with van der Waals surface area (Å²) in [7, 11) is 1.56. The lowest BCUT2D eigenvalue weighted by Crippen LogP contribution is -2.56. The van der Waals surface area contributed by atoms with Gasteiger partial charge in [-0.25, -0.2) is 0 Å². The zero-order valence-corrected chi connectivity index (χ0v) is 20.1. The molecule has 0 amide bonds. The molecule has 4 rings (SSSR count). The van der Waals surface area contributed by atoms with E-state index >= 15 is 0 Å². The minimum atomic E-state index is -1.61. The molecule has 10 heteroatoms. The Kier molecular flexibility index (Phi) is 7.54. The average Bonchev–Trinajstić information content (AvgIpc) is 2.88. The first kappa shape index (κ1) is 25.3. The number of aliphatic hydroxyl groups is 4. The van der Waals surface area contributed by atoms with Crippen molar-refractivity contribution in [1.82, 2.24) is 4.57 Å². The number of nitriles is 1. The largest absolute Gasteiger partial charge is 0.497 e. The number of ether oxygens (including phenoxy) is 2. The number of rotatable bonds is 5. The van der Waals surface area contributed by atoms with Gasteiger partial charge in [0.1, 0.15) is 40.9 Å². The van der Waals surface area contributed by atoms with Crippen molar-refractivity contribution in [2.75, 3.05) is 13.7 Å². The zero-order valence-electron chi connectivity index (χ0n) is 18.6. The Balaban J connectivity index is 1.99.